The van der Waals surface area contributed by atoms with Crippen molar-refractivity contribution in [3.8, 4) is 0 Å². The van der Waals surface area contributed by atoms with Crippen molar-refractivity contribution >= 4 is 5.78 Å². The summed E-state index contributed by atoms with van der Waals surface area (Å²) in [5.74, 6) is 0.0322. The minimum atomic E-state index is -0.551. The molecular formula is C15H22O2. The van der Waals surface area contributed by atoms with Gasteiger partial charge >= 0.3 is 0 Å². The van der Waals surface area contributed by atoms with Gasteiger partial charge in [0.1, 0.15) is 0 Å². The topological polar surface area (TPSA) is 37.3 Å². The summed E-state index contributed by atoms with van der Waals surface area (Å²) in [4.78, 5) is 11.8. The van der Waals surface area contributed by atoms with Gasteiger partial charge < -0.3 is 5.11 Å². The van der Waals surface area contributed by atoms with Gasteiger partial charge in [0, 0.05) is 5.41 Å². The highest BCUT2D eigenvalue weighted by atomic mass is 16.3. The highest BCUT2D eigenvalue weighted by Crippen LogP contribution is 2.26. The van der Waals surface area contributed by atoms with E-state index in [2.05, 4.69) is 0 Å². The zero-order valence-electron chi connectivity index (χ0n) is 11.2. The van der Waals surface area contributed by atoms with Crippen molar-refractivity contribution in [3.63, 3.8) is 0 Å². The van der Waals surface area contributed by atoms with Gasteiger partial charge in [-0.2, -0.15) is 0 Å². The second-order valence-corrected chi connectivity index (χ2v) is 5.40. The molecule has 0 saturated carbocycles. The van der Waals surface area contributed by atoms with Crippen LogP contribution in [0.3, 0.4) is 0 Å². The van der Waals surface area contributed by atoms with E-state index < -0.39 is 11.5 Å². The summed E-state index contributed by atoms with van der Waals surface area (Å²) in [6.07, 6.45) is 8.41. The number of hydrogen-bond donors (Lipinski definition) is 1. The first-order chi connectivity index (χ1) is 7.83. The Morgan fingerprint density at radius 2 is 2.00 bits per heavy atom. The summed E-state index contributed by atoms with van der Waals surface area (Å²) < 4.78 is 0. The predicted molar refractivity (Wildman–Crippen MR) is 70.7 cm³/mol. The molecule has 2 nitrogen and oxygen atoms in total. The van der Waals surface area contributed by atoms with Crippen LogP contribution in [0.5, 0.6) is 0 Å². The molecule has 0 radical (unpaired) electrons. The number of aliphatic hydroxyl groups excluding tert-OH is 1. The lowest BCUT2D eigenvalue weighted by atomic mass is 9.84. The first kappa shape index (κ1) is 13.9. The number of ketones is 1. The average Bonchev–Trinajstić information content (AvgIpc) is 2.25. The third-order valence-electron chi connectivity index (χ3n) is 3.25. The Balaban J connectivity index is 3.07. The Bertz CT molecular complexity index is 384. The molecule has 0 spiro atoms. The van der Waals surface area contributed by atoms with Crippen molar-refractivity contribution in [2.45, 2.75) is 46.6 Å². The van der Waals surface area contributed by atoms with Crippen molar-refractivity contribution in [1.29, 1.82) is 0 Å². The molecule has 17 heavy (non-hydrogen) atoms. The predicted octanol–water partition coefficient (Wildman–Crippen LogP) is 3.19. The number of allylic oxidation sites excluding steroid dienone is 4. The second kappa shape index (κ2) is 5.46. The highest BCUT2D eigenvalue weighted by Gasteiger charge is 2.23. The SMILES string of the molecule is CC1=CC(O)C(C)(C)C=CC(=O)C(C)=CCC1. The average molecular weight is 234 g/mol. The van der Waals surface area contributed by atoms with Gasteiger partial charge in [-0.15, -0.1) is 0 Å². The highest BCUT2D eigenvalue weighted by molar-refractivity contribution is 6.03. The van der Waals surface area contributed by atoms with Crippen LogP contribution in [-0.4, -0.2) is 17.0 Å². The quantitative estimate of drug-likeness (QED) is 0.654. The third-order valence-corrected chi connectivity index (χ3v) is 3.25. The van der Waals surface area contributed by atoms with E-state index in [4.69, 9.17) is 0 Å². The molecule has 1 unspecified atom stereocenters. The standard InChI is InChI=1S/C15H22O2/c1-11-6-5-7-12(2)13(16)8-9-15(3,4)14(17)10-11/h7-10,14,17H,5-6H2,1-4H3. The van der Waals surface area contributed by atoms with Crippen LogP contribution in [0.2, 0.25) is 0 Å². The van der Waals surface area contributed by atoms with Crippen molar-refractivity contribution in [3.05, 3.63) is 35.5 Å². The van der Waals surface area contributed by atoms with Crippen LogP contribution in [0.1, 0.15) is 40.5 Å². The zero-order valence-corrected chi connectivity index (χ0v) is 11.2. The fraction of sp³-hybridized carbons (Fsp3) is 0.533. The Kier molecular flexibility index (Phi) is 4.47. The molecular weight excluding hydrogens is 212 g/mol. The molecule has 0 aliphatic heterocycles. The number of carbonyl (C=O) groups is 1. The van der Waals surface area contributed by atoms with Gasteiger partial charge in [0.25, 0.3) is 0 Å². The number of hydrogen-bond acceptors (Lipinski definition) is 2. The van der Waals surface area contributed by atoms with Crippen molar-refractivity contribution < 1.29 is 9.90 Å². The Morgan fingerprint density at radius 1 is 1.35 bits per heavy atom. The second-order valence-electron chi connectivity index (χ2n) is 5.40. The number of rotatable bonds is 0. The molecule has 2 heteroatoms. The molecule has 0 aromatic carbocycles. The fourth-order valence-corrected chi connectivity index (χ4v) is 1.71. The molecule has 0 aromatic rings. The van der Waals surface area contributed by atoms with Gasteiger partial charge in [0.15, 0.2) is 5.78 Å². The maximum atomic E-state index is 11.8. The largest absolute Gasteiger partial charge is 0.388 e. The molecule has 0 amide bonds. The lowest BCUT2D eigenvalue weighted by Gasteiger charge is -2.25. The number of carbonyl (C=O) groups excluding carboxylic acids is 1. The van der Waals surface area contributed by atoms with Crippen LogP contribution in [0.25, 0.3) is 0 Å². The van der Waals surface area contributed by atoms with E-state index in [1.807, 2.05) is 39.8 Å². The van der Waals surface area contributed by atoms with E-state index in [0.29, 0.717) is 0 Å². The monoisotopic (exact) mass is 234 g/mol. The summed E-state index contributed by atoms with van der Waals surface area (Å²) in [5, 5.41) is 10.1. The van der Waals surface area contributed by atoms with Crippen molar-refractivity contribution in [2.75, 3.05) is 0 Å². The molecule has 0 heterocycles. The first-order valence-electron chi connectivity index (χ1n) is 6.08. The van der Waals surface area contributed by atoms with E-state index in [9.17, 15) is 9.90 Å². The normalized spacial score (nSPS) is 25.9. The third kappa shape index (κ3) is 3.97. The van der Waals surface area contributed by atoms with Gasteiger partial charge in [-0.25, -0.2) is 0 Å². The van der Waals surface area contributed by atoms with Gasteiger partial charge in [0.05, 0.1) is 6.10 Å². The van der Waals surface area contributed by atoms with E-state index in [1.54, 1.807) is 12.2 Å². The number of aliphatic hydroxyl groups is 1. The summed E-state index contributed by atoms with van der Waals surface area (Å²) in [5.41, 5.74) is 1.53. The lowest BCUT2D eigenvalue weighted by Crippen LogP contribution is -2.25. The molecule has 1 N–H and O–H groups in total. The van der Waals surface area contributed by atoms with Gasteiger partial charge in [-0.05, 0) is 38.3 Å². The van der Waals surface area contributed by atoms with E-state index in [-0.39, 0.29) is 5.78 Å². The molecule has 0 bridgehead atoms. The zero-order chi connectivity index (χ0) is 13.1. The maximum Gasteiger partial charge on any atom is 0.180 e. The van der Waals surface area contributed by atoms with Crippen LogP contribution in [0.15, 0.2) is 35.5 Å². The van der Waals surface area contributed by atoms with Gasteiger partial charge in [-0.3, -0.25) is 4.79 Å². The molecule has 0 saturated heterocycles. The minimum absolute atomic E-state index is 0.0322. The van der Waals surface area contributed by atoms with Crippen LogP contribution < -0.4 is 0 Å². The fourth-order valence-electron chi connectivity index (χ4n) is 1.71. The van der Waals surface area contributed by atoms with Crippen LogP contribution in [0.4, 0.5) is 0 Å². The molecule has 0 aromatic heterocycles. The summed E-state index contributed by atoms with van der Waals surface area (Å²) in [6, 6.07) is 0. The molecule has 1 rings (SSSR count). The minimum Gasteiger partial charge on any atom is -0.388 e. The molecule has 94 valence electrons. The van der Waals surface area contributed by atoms with Crippen molar-refractivity contribution in [1.82, 2.24) is 0 Å². The summed E-state index contributed by atoms with van der Waals surface area (Å²) in [6.45, 7) is 7.73. The van der Waals surface area contributed by atoms with Gasteiger partial charge in [-0.1, -0.05) is 37.6 Å². The van der Waals surface area contributed by atoms with Crippen molar-refractivity contribution in [2.24, 2.45) is 5.41 Å². The maximum absolute atomic E-state index is 11.8. The van der Waals surface area contributed by atoms with E-state index in [0.717, 1.165) is 24.0 Å². The first-order valence-corrected chi connectivity index (χ1v) is 6.08. The van der Waals surface area contributed by atoms with E-state index in [1.165, 1.54) is 0 Å². The summed E-state index contributed by atoms with van der Waals surface area (Å²) >= 11 is 0. The smallest absolute Gasteiger partial charge is 0.180 e. The molecule has 1 atom stereocenters. The lowest BCUT2D eigenvalue weighted by molar-refractivity contribution is -0.111. The molecule has 0 fully saturated rings. The Hall–Kier alpha value is -1.15. The Morgan fingerprint density at radius 3 is 2.65 bits per heavy atom. The van der Waals surface area contributed by atoms with Gasteiger partial charge in [0.2, 0.25) is 0 Å². The molecule has 1 aliphatic carbocycles. The van der Waals surface area contributed by atoms with Crippen LogP contribution in [0, 0.1) is 5.41 Å². The summed E-state index contributed by atoms with van der Waals surface area (Å²) in [7, 11) is 0. The molecule has 1 aliphatic rings. The van der Waals surface area contributed by atoms with E-state index >= 15 is 0 Å². The Labute approximate surface area is 104 Å². The van der Waals surface area contributed by atoms with Crippen LogP contribution in [-0.2, 0) is 4.79 Å². The van der Waals surface area contributed by atoms with Crippen LogP contribution >= 0.6 is 0 Å².